The summed E-state index contributed by atoms with van der Waals surface area (Å²) in [5.74, 6) is 3.33. The number of benzene rings is 1. The van der Waals surface area contributed by atoms with Crippen LogP contribution in [0.1, 0.15) is 38.2 Å². The van der Waals surface area contributed by atoms with Crippen molar-refractivity contribution in [2.45, 2.75) is 39.2 Å². The van der Waals surface area contributed by atoms with Gasteiger partial charge in [0, 0.05) is 32.3 Å². The number of rotatable bonds is 11. The molecule has 0 aromatic heterocycles. The number of ether oxygens (including phenoxy) is 2. The lowest BCUT2D eigenvalue weighted by Gasteiger charge is -2.32. The number of piperidine rings is 1. The molecule has 0 unspecified atom stereocenters. The first-order valence-electron chi connectivity index (χ1n) is 11.2. The number of halogens is 1. The Morgan fingerprint density at radius 3 is 2.57 bits per heavy atom. The Morgan fingerprint density at radius 1 is 1.10 bits per heavy atom. The van der Waals surface area contributed by atoms with Crippen LogP contribution >= 0.6 is 24.0 Å². The largest absolute Gasteiger partial charge is 0.493 e. The van der Waals surface area contributed by atoms with Gasteiger partial charge in [0.2, 0.25) is 0 Å². The summed E-state index contributed by atoms with van der Waals surface area (Å²) in [4.78, 5) is 7.31. The molecule has 3 rings (SSSR count). The average molecular weight is 530 g/mol. The highest BCUT2D eigenvalue weighted by Gasteiger charge is 2.22. The van der Waals surface area contributed by atoms with Gasteiger partial charge in [0.1, 0.15) is 5.75 Å². The third-order valence-electron chi connectivity index (χ3n) is 5.77. The fourth-order valence-corrected chi connectivity index (χ4v) is 3.65. The molecule has 0 bridgehead atoms. The summed E-state index contributed by atoms with van der Waals surface area (Å²) in [6.45, 7) is 9.61. The number of hydrogen-bond acceptors (Lipinski definition) is 4. The molecule has 1 aromatic rings. The van der Waals surface area contributed by atoms with Crippen LogP contribution in [0.2, 0.25) is 0 Å². The smallest absolute Gasteiger partial charge is 0.191 e. The Morgan fingerprint density at radius 2 is 1.87 bits per heavy atom. The van der Waals surface area contributed by atoms with Crippen molar-refractivity contribution in [3.8, 4) is 5.75 Å². The first-order chi connectivity index (χ1) is 14.3. The molecular weight excluding hydrogens is 491 g/mol. The second-order valence-corrected chi connectivity index (χ2v) is 8.22. The SMILES string of the molecule is CCNC(=NCc1ccccc1OCC1CC1)NCC1CCN(CCOC)CC1.I. The van der Waals surface area contributed by atoms with E-state index in [4.69, 9.17) is 14.5 Å². The number of nitrogens with zero attached hydrogens (tertiary/aromatic N) is 2. The molecule has 170 valence electrons. The minimum absolute atomic E-state index is 0. The van der Waals surface area contributed by atoms with Crippen LogP contribution < -0.4 is 15.4 Å². The molecule has 30 heavy (non-hydrogen) atoms. The number of nitrogens with one attached hydrogen (secondary N) is 2. The monoisotopic (exact) mass is 530 g/mol. The Balaban J connectivity index is 0.00000320. The maximum Gasteiger partial charge on any atom is 0.191 e. The van der Waals surface area contributed by atoms with Gasteiger partial charge < -0.3 is 25.0 Å². The molecule has 1 saturated carbocycles. The predicted octanol–water partition coefficient (Wildman–Crippen LogP) is 3.51. The summed E-state index contributed by atoms with van der Waals surface area (Å²) in [7, 11) is 1.77. The molecule has 1 heterocycles. The molecule has 0 spiro atoms. The van der Waals surface area contributed by atoms with Crippen molar-refractivity contribution < 1.29 is 9.47 Å². The van der Waals surface area contributed by atoms with Crippen molar-refractivity contribution >= 4 is 29.9 Å². The van der Waals surface area contributed by atoms with E-state index in [2.05, 4.69) is 40.7 Å². The van der Waals surface area contributed by atoms with E-state index in [-0.39, 0.29) is 24.0 Å². The number of hydrogen-bond donors (Lipinski definition) is 2. The van der Waals surface area contributed by atoms with E-state index < -0.39 is 0 Å². The number of guanidine groups is 1. The summed E-state index contributed by atoms with van der Waals surface area (Å²) in [5, 5.41) is 6.93. The van der Waals surface area contributed by atoms with Crippen LogP contribution in [0.15, 0.2) is 29.3 Å². The van der Waals surface area contributed by atoms with E-state index in [0.29, 0.717) is 12.5 Å². The lowest BCUT2D eigenvalue weighted by Crippen LogP contribution is -2.43. The van der Waals surface area contributed by atoms with Crippen molar-refractivity contribution in [1.29, 1.82) is 0 Å². The van der Waals surface area contributed by atoms with E-state index in [0.717, 1.165) is 69.1 Å². The van der Waals surface area contributed by atoms with Gasteiger partial charge in [0.25, 0.3) is 0 Å². The van der Waals surface area contributed by atoms with E-state index in [9.17, 15) is 0 Å². The van der Waals surface area contributed by atoms with E-state index in [1.54, 1.807) is 7.11 Å². The molecule has 6 nitrogen and oxygen atoms in total. The molecule has 2 N–H and O–H groups in total. The molecular formula is C23H39IN4O2. The molecule has 1 aliphatic carbocycles. The van der Waals surface area contributed by atoms with Crippen LogP contribution in [-0.4, -0.2) is 63.9 Å². The van der Waals surface area contributed by atoms with Gasteiger partial charge in [-0.1, -0.05) is 18.2 Å². The molecule has 7 heteroatoms. The maximum absolute atomic E-state index is 6.02. The third-order valence-corrected chi connectivity index (χ3v) is 5.77. The van der Waals surface area contributed by atoms with Crippen LogP contribution in [-0.2, 0) is 11.3 Å². The maximum atomic E-state index is 6.02. The van der Waals surface area contributed by atoms with Crippen molar-refractivity contribution in [3.63, 3.8) is 0 Å². The van der Waals surface area contributed by atoms with Gasteiger partial charge in [-0.05, 0) is 63.6 Å². The van der Waals surface area contributed by atoms with Crippen molar-refractivity contribution in [2.75, 3.05) is 53.0 Å². The fourth-order valence-electron chi connectivity index (χ4n) is 3.65. The Labute approximate surface area is 199 Å². The van der Waals surface area contributed by atoms with Gasteiger partial charge in [-0.3, -0.25) is 0 Å². The van der Waals surface area contributed by atoms with E-state index in [1.165, 1.54) is 25.7 Å². The lowest BCUT2D eigenvalue weighted by molar-refractivity contribution is 0.121. The number of aliphatic imine (C=N–C) groups is 1. The standard InChI is InChI=1S/C23H38N4O2.HI/c1-3-24-23(25-16-19-10-12-27(13-11-19)14-15-28-2)26-17-21-6-4-5-7-22(21)29-18-20-8-9-20;/h4-7,19-20H,3,8-18H2,1-2H3,(H2,24,25,26);1H. The van der Waals surface area contributed by atoms with E-state index >= 15 is 0 Å². The zero-order chi connectivity index (χ0) is 20.3. The normalized spacial score (nSPS) is 18.0. The Kier molecular flexibility index (Phi) is 11.8. The minimum atomic E-state index is 0. The summed E-state index contributed by atoms with van der Waals surface area (Å²) < 4.78 is 11.2. The van der Waals surface area contributed by atoms with Crippen LogP contribution in [0.3, 0.4) is 0 Å². The molecule has 0 amide bonds. The quantitative estimate of drug-likeness (QED) is 0.261. The minimum Gasteiger partial charge on any atom is -0.493 e. The average Bonchev–Trinajstić information content (AvgIpc) is 3.58. The van der Waals surface area contributed by atoms with Crippen LogP contribution in [0, 0.1) is 11.8 Å². The third kappa shape index (κ3) is 8.98. The van der Waals surface area contributed by atoms with Gasteiger partial charge >= 0.3 is 0 Å². The molecule has 2 fully saturated rings. The van der Waals surface area contributed by atoms with Gasteiger partial charge in [-0.25, -0.2) is 4.99 Å². The van der Waals surface area contributed by atoms with Gasteiger partial charge in [0.15, 0.2) is 5.96 Å². The van der Waals surface area contributed by atoms with E-state index in [1.807, 2.05) is 6.07 Å². The molecule has 2 aliphatic rings. The Hall–Kier alpha value is -1.06. The van der Waals surface area contributed by atoms with Crippen LogP contribution in [0.4, 0.5) is 0 Å². The van der Waals surface area contributed by atoms with Crippen molar-refractivity contribution in [1.82, 2.24) is 15.5 Å². The number of para-hydroxylation sites is 1. The summed E-state index contributed by atoms with van der Waals surface area (Å²) in [6, 6.07) is 8.28. The van der Waals surface area contributed by atoms with Gasteiger partial charge in [-0.2, -0.15) is 0 Å². The molecule has 1 saturated heterocycles. The molecule has 1 aliphatic heterocycles. The fraction of sp³-hybridized carbons (Fsp3) is 0.696. The second-order valence-electron chi connectivity index (χ2n) is 8.22. The number of likely N-dealkylation sites (tertiary alicyclic amines) is 1. The number of methoxy groups -OCH3 is 1. The summed E-state index contributed by atoms with van der Waals surface area (Å²) >= 11 is 0. The topological polar surface area (TPSA) is 58.1 Å². The summed E-state index contributed by atoms with van der Waals surface area (Å²) in [5.41, 5.74) is 1.15. The highest BCUT2D eigenvalue weighted by atomic mass is 127. The molecule has 0 atom stereocenters. The first kappa shape index (κ1) is 25.2. The predicted molar refractivity (Wildman–Crippen MR) is 134 cm³/mol. The first-order valence-corrected chi connectivity index (χ1v) is 11.2. The molecule has 1 aromatic carbocycles. The van der Waals surface area contributed by atoms with Gasteiger partial charge in [0.05, 0.1) is 19.8 Å². The van der Waals surface area contributed by atoms with Crippen molar-refractivity contribution in [3.05, 3.63) is 29.8 Å². The highest BCUT2D eigenvalue weighted by molar-refractivity contribution is 14.0. The lowest BCUT2D eigenvalue weighted by atomic mass is 9.97. The zero-order valence-electron chi connectivity index (χ0n) is 18.6. The van der Waals surface area contributed by atoms with Gasteiger partial charge in [-0.15, -0.1) is 24.0 Å². The molecule has 0 radical (unpaired) electrons. The van der Waals surface area contributed by atoms with Crippen molar-refractivity contribution in [2.24, 2.45) is 16.8 Å². The van der Waals surface area contributed by atoms with Crippen LogP contribution in [0.25, 0.3) is 0 Å². The van der Waals surface area contributed by atoms with Crippen LogP contribution in [0.5, 0.6) is 5.75 Å². The Bertz CT molecular complexity index is 631. The summed E-state index contributed by atoms with van der Waals surface area (Å²) in [6.07, 6.45) is 5.07. The zero-order valence-corrected chi connectivity index (χ0v) is 20.9. The second kappa shape index (κ2) is 14.1. The highest BCUT2D eigenvalue weighted by Crippen LogP contribution is 2.30.